The molecule has 1 amide bonds. The molecule has 0 saturated heterocycles. The van der Waals surface area contributed by atoms with E-state index in [0.717, 1.165) is 21.8 Å². The van der Waals surface area contributed by atoms with E-state index in [0.29, 0.717) is 16.3 Å². The summed E-state index contributed by atoms with van der Waals surface area (Å²) in [4.78, 5) is 17.1. The first-order valence-electron chi connectivity index (χ1n) is 8.37. The number of rotatable bonds is 4. The number of anilines is 1. The third kappa shape index (κ3) is 4.08. The summed E-state index contributed by atoms with van der Waals surface area (Å²) in [7, 11) is 0. The van der Waals surface area contributed by atoms with E-state index in [2.05, 4.69) is 5.32 Å². The fraction of sp³-hybridized carbons (Fsp3) is 0. The van der Waals surface area contributed by atoms with Crippen LogP contribution in [0.15, 0.2) is 84.2 Å². The minimum atomic E-state index is -0.159. The molecule has 1 heterocycles. The molecule has 0 spiro atoms. The SMILES string of the molecule is O=C(Nc1ccc(Cl)cc1)c1ccc(-c2nc(-c3ccccc3)cs2)cc1. The number of aromatic nitrogens is 1. The van der Waals surface area contributed by atoms with E-state index in [1.165, 1.54) is 0 Å². The maximum Gasteiger partial charge on any atom is 0.255 e. The Labute approximate surface area is 166 Å². The van der Waals surface area contributed by atoms with Gasteiger partial charge >= 0.3 is 0 Å². The largest absolute Gasteiger partial charge is 0.322 e. The van der Waals surface area contributed by atoms with Gasteiger partial charge in [0.2, 0.25) is 0 Å². The lowest BCUT2D eigenvalue weighted by Crippen LogP contribution is -2.11. The summed E-state index contributed by atoms with van der Waals surface area (Å²) in [6, 6.07) is 24.6. The smallest absolute Gasteiger partial charge is 0.255 e. The first-order valence-corrected chi connectivity index (χ1v) is 9.63. The molecule has 27 heavy (non-hydrogen) atoms. The van der Waals surface area contributed by atoms with E-state index in [9.17, 15) is 4.79 Å². The lowest BCUT2D eigenvalue weighted by atomic mass is 10.1. The van der Waals surface area contributed by atoms with E-state index in [-0.39, 0.29) is 5.91 Å². The third-order valence-electron chi connectivity index (χ3n) is 4.07. The van der Waals surface area contributed by atoms with Crippen LogP contribution in [0, 0.1) is 0 Å². The minimum absolute atomic E-state index is 0.159. The van der Waals surface area contributed by atoms with Crippen LogP contribution in [0.2, 0.25) is 5.02 Å². The highest BCUT2D eigenvalue weighted by atomic mass is 35.5. The molecular formula is C22H15ClN2OS. The molecule has 0 bridgehead atoms. The van der Waals surface area contributed by atoms with Gasteiger partial charge in [-0.3, -0.25) is 4.79 Å². The number of benzene rings is 3. The van der Waals surface area contributed by atoms with Crippen LogP contribution in [0.3, 0.4) is 0 Å². The Morgan fingerprint density at radius 3 is 2.26 bits per heavy atom. The van der Waals surface area contributed by atoms with Gasteiger partial charge in [0.25, 0.3) is 5.91 Å². The van der Waals surface area contributed by atoms with Crippen molar-refractivity contribution in [2.75, 3.05) is 5.32 Å². The second-order valence-corrected chi connectivity index (χ2v) is 7.24. The second kappa shape index (κ2) is 7.74. The van der Waals surface area contributed by atoms with Crippen molar-refractivity contribution in [2.24, 2.45) is 0 Å². The summed E-state index contributed by atoms with van der Waals surface area (Å²) < 4.78 is 0. The van der Waals surface area contributed by atoms with E-state index in [1.54, 1.807) is 35.6 Å². The highest BCUT2D eigenvalue weighted by Gasteiger charge is 2.09. The van der Waals surface area contributed by atoms with Crippen LogP contribution in [0.5, 0.6) is 0 Å². The molecule has 0 radical (unpaired) electrons. The van der Waals surface area contributed by atoms with Crippen LogP contribution < -0.4 is 5.32 Å². The lowest BCUT2D eigenvalue weighted by Gasteiger charge is -2.06. The number of halogens is 1. The number of nitrogens with one attached hydrogen (secondary N) is 1. The van der Waals surface area contributed by atoms with Crippen molar-refractivity contribution in [2.45, 2.75) is 0 Å². The van der Waals surface area contributed by atoms with Gasteiger partial charge in [0.1, 0.15) is 5.01 Å². The molecule has 0 atom stereocenters. The van der Waals surface area contributed by atoms with E-state index in [4.69, 9.17) is 16.6 Å². The van der Waals surface area contributed by atoms with Gasteiger partial charge in [0.05, 0.1) is 5.69 Å². The molecule has 0 aliphatic rings. The Morgan fingerprint density at radius 1 is 0.852 bits per heavy atom. The van der Waals surface area contributed by atoms with Gasteiger partial charge < -0.3 is 5.32 Å². The van der Waals surface area contributed by atoms with Gasteiger partial charge in [-0.25, -0.2) is 4.98 Å². The molecule has 4 aromatic rings. The topological polar surface area (TPSA) is 42.0 Å². The van der Waals surface area contributed by atoms with Crippen LogP contribution in [0.1, 0.15) is 10.4 Å². The van der Waals surface area contributed by atoms with Crippen LogP contribution in [-0.2, 0) is 0 Å². The first kappa shape index (κ1) is 17.5. The zero-order chi connectivity index (χ0) is 18.6. The van der Waals surface area contributed by atoms with Crippen molar-refractivity contribution in [3.05, 3.63) is 94.8 Å². The number of hydrogen-bond donors (Lipinski definition) is 1. The average Bonchev–Trinajstić information content (AvgIpc) is 3.21. The van der Waals surface area contributed by atoms with Crippen molar-refractivity contribution in [3.63, 3.8) is 0 Å². The highest BCUT2D eigenvalue weighted by Crippen LogP contribution is 2.29. The third-order valence-corrected chi connectivity index (χ3v) is 5.21. The normalized spacial score (nSPS) is 10.6. The standard InChI is InChI=1S/C22H15ClN2OS/c23-18-10-12-19(13-11-18)24-21(26)16-6-8-17(9-7-16)22-25-20(14-27-22)15-4-2-1-3-5-15/h1-14H,(H,24,26). The van der Waals surface area contributed by atoms with E-state index >= 15 is 0 Å². The van der Waals surface area contributed by atoms with Crippen molar-refractivity contribution < 1.29 is 4.79 Å². The summed E-state index contributed by atoms with van der Waals surface area (Å²) in [5.41, 5.74) is 4.35. The summed E-state index contributed by atoms with van der Waals surface area (Å²) >= 11 is 7.46. The molecule has 0 aliphatic heterocycles. The molecule has 1 N–H and O–H groups in total. The minimum Gasteiger partial charge on any atom is -0.322 e. The second-order valence-electron chi connectivity index (χ2n) is 5.94. The predicted molar refractivity (Wildman–Crippen MR) is 112 cm³/mol. The summed E-state index contributed by atoms with van der Waals surface area (Å²) in [6.07, 6.45) is 0. The zero-order valence-electron chi connectivity index (χ0n) is 14.2. The fourth-order valence-corrected chi connectivity index (χ4v) is 3.61. The van der Waals surface area contributed by atoms with Crippen LogP contribution >= 0.6 is 22.9 Å². The maximum absolute atomic E-state index is 12.4. The number of thiazole rings is 1. The Hall–Kier alpha value is -2.95. The number of hydrogen-bond acceptors (Lipinski definition) is 3. The highest BCUT2D eigenvalue weighted by molar-refractivity contribution is 7.13. The molecule has 3 aromatic carbocycles. The molecular weight excluding hydrogens is 376 g/mol. The molecule has 1 aromatic heterocycles. The molecule has 0 saturated carbocycles. The maximum atomic E-state index is 12.4. The molecule has 5 heteroatoms. The average molecular weight is 391 g/mol. The van der Waals surface area contributed by atoms with Crippen molar-refractivity contribution in [1.29, 1.82) is 0 Å². The summed E-state index contributed by atoms with van der Waals surface area (Å²) in [5, 5.41) is 6.47. The van der Waals surface area contributed by atoms with Crippen LogP contribution in [0.25, 0.3) is 21.8 Å². The Balaban J connectivity index is 1.50. The number of carbonyl (C=O) groups excluding carboxylic acids is 1. The summed E-state index contributed by atoms with van der Waals surface area (Å²) in [6.45, 7) is 0. The van der Waals surface area contributed by atoms with Crippen molar-refractivity contribution in [3.8, 4) is 21.8 Å². The van der Waals surface area contributed by atoms with Gasteiger partial charge in [-0.2, -0.15) is 0 Å². The Bertz CT molecular complexity index is 1060. The Morgan fingerprint density at radius 2 is 1.56 bits per heavy atom. The molecule has 3 nitrogen and oxygen atoms in total. The van der Waals surface area contributed by atoms with Crippen molar-refractivity contribution >= 4 is 34.5 Å². The lowest BCUT2D eigenvalue weighted by molar-refractivity contribution is 0.102. The molecule has 0 aliphatic carbocycles. The zero-order valence-corrected chi connectivity index (χ0v) is 15.8. The quantitative estimate of drug-likeness (QED) is 0.439. The molecule has 4 rings (SSSR count). The van der Waals surface area contributed by atoms with Crippen molar-refractivity contribution in [1.82, 2.24) is 4.98 Å². The van der Waals surface area contributed by atoms with Gasteiger partial charge in [-0.05, 0) is 36.4 Å². The first-order chi connectivity index (χ1) is 13.2. The molecule has 0 unspecified atom stereocenters. The predicted octanol–water partition coefficient (Wildman–Crippen LogP) is 6.38. The van der Waals surface area contributed by atoms with Gasteiger partial charge in [0.15, 0.2) is 0 Å². The monoisotopic (exact) mass is 390 g/mol. The number of carbonyl (C=O) groups is 1. The van der Waals surface area contributed by atoms with Gasteiger partial charge in [0, 0.05) is 32.8 Å². The summed E-state index contributed by atoms with van der Waals surface area (Å²) in [5.74, 6) is -0.159. The van der Waals surface area contributed by atoms with Gasteiger partial charge in [-0.15, -0.1) is 11.3 Å². The number of amides is 1. The van der Waals surface area contributed by atoms with Gasteiger partial charge in [-0.1, -0.05) is 54.1 Å². The fourth-order valence-electron chi connectivity index (χ4n) is 2.65. The molecule has 132 valence electrons. The van der Waals surface area contributed by atoms with Crippen LogP contribution in [0.4, 0.5) is 5.69 Å². The number of nitrogens with zero attached hydrogens (tertiary/aromatic N) is 1. The van der Waals surface area contributed by atoms with E-state index in [1.807, 2.05) is 60.0 Å². The Kier molecular flexibility index (Phi) is 5.01. The van der Waals surface area contributed by atoms with E-state index < -0.39 is 0 Å². The van der Waals surface area contributed by atoms with Crippen LogP contribution in [-0.4, -0.2) is 10.9 Å². The molecule has 0 fully saturated rings.